The van der Waals surface area contributed by atoms with Gasteiger partial charge in [0.15, 0.2) is 5.69 Å². The first kappa shape index (κ1) is 21.5. The van der Waals surface area contributed by atoms with E-state index in [0.717, 1.165) is 49.4 Å². The second-order valence-corrected chi connectivity index (χ2v) is 8.55. The van der Waals surface area contributed by atoms with Gasteiger partial charge >= 0.3 is 0 Å². The first-order chi connectivity index (χ1) is 15.0. The predicted octanol–water partition coefficient (Wildman–Crippen LogP) is 4.27. The zero-order valence-electron chi connectivity index (χ0n) is 17.5. The molecule has 0 radical (unpaired) electrons. The van der Waals surface area contributed by atoms with Gasteiger partial charge < -0.3 is 10.2 Å². The van der Waals surface area contributed by atoms with Crippen molar-refractivity contribution in [1.29, 1.82) is 0 Å². The van der Waals surface area contributed by atoms with Crippen molar-refractivity contribution in [3.05, 3.63) is 82.4 Å². The summed E-state index contributed by atoms with van der Waals surface area (Å²) in [6.07, 6.45) is 1.79. The summed E-state index contributed by atoms with van der Waals surface area (Å²) >= 11 is 5.94. The van der Waals surface area contributed by atoms with Crippen LogP contribution in [0.3, 0.4) is 0 Å². The fourth-order valence-corrected chi connectivity index (χ4v) is 4.31. The molecule has 0 spiro atoms. The number of benzene rings is 2. The summed E-state index contributed by atoms with van der Waals surface area (Å²) < 4.78 is 15.3. The predicted molar refractivity (Wildman–Crippen MR) is 120 cm³/mol. The summed E-state index contributed by atoms with van der Waals surface area (Å²) in [6.45, 7) is 5.31. The number of hydrogen-bond donors (Lipinski definition) is 1. The molecule has 1 fully saturated rings. The second-order valence-electron chi connectivity index (χ2n) is 8.11. The third-order valence-corrected chi connectivity index (χ3v) is 5.90. The van der Waals surface area contributed by atoms with Crippen molar-refractivity contribution in [1.82, 2.24) is 20.0 Å². The van der Waals surface area contributed by atoms with E-state index in [9.17, 15) is 9.18 Å². The van der Waals surface area contributed by atoms with Crippen LogP contribution in [0.2, 0.25) is 5.02 Å². The van der Waals surface area contributed by atoms with Crippen LogP contribution in [0, 0.1) is 18.7 Å². The van der Waals surface area contributed by atoms with Crippen molar-refractivity contribution in [2.45, 2.75) is 19.8 Å². The van der Waals surface area contributed by atoms with E-state index in [0.29, 0.717) is 23.2 Å². The molecule has 0 bridgehead atoms. The fourth-order valence-electron chi connectivity index (χ4n) is 4.07. The maximum absolute atomic E-state index is 13.5. The van der Waals surface area contributed by atoms with Gasteiger partial charge in [-0.25, -0.2) is 9.07 Å². The quantitative estimate of drug-likeness (QED) is 0.597. The molecule has 1 saturated heterocycles. The molecule has 2 heterocycles. The molecular formula is C24H26ClFN4O. The molecular weight excluding hydrogens is 415 g/mol. The van der Waals surface area contributed by atoms with Crippen LogP contribution >= 0.6 is 11.6 Å². The number of hydrogen-bond acceptors (Lipinski definition) is 3. The van der Waals surface area contributed by atoms with Crippen LogP contribution in [0.25, 0.3) is 5.69 Å². The lowest BCUT2D eigenvalue weighted by molar-refractivity contribution is 0.0942. The second kappa shape index (κ2) is 9.62. The Bertz CT molecular complexity index is 1030. The van der Waals surface area contributed by atoms with Gasteiger partial charge in [0.25, 0.3) is 5.91 Å². The monoisotopic (exact) mass is 440 g/mol. The van der Waals surface area contributed by atoms with Crippen LogP contribution < -0.4 is 5.32 Å². The third-order valence-electron chi connectivity index (χ3n) is 5.68. The van der Waals surface area contributed by atoms with Gasteiger partial charge in [-0.2, -0.15) is 5.10 Å². The topological polar surface area (TPSA) is 50.2 Å². The van der Waals surface area contributed by atoms with Crippen LogP contribution in [0.5, 0.6) is 0 Å². The van der Waals surface area contributed by atoms with Crippen molar-refractivity contribution in [3.63, 3.8) is 0 Å². The minimum Gasteiger partial charge on any atom is -0.350 e. The van der Waals surface area contributed by atoms with Crippen molar-refractivity contribution < 1.29 is 9.18 Å². The van der Waals surface area contributed by atoms with Crippen LogP contribution in [-0.2, 0) is 6.42 Å². The molecule has 1 atom stereocenters. The molecule has 0 saturated carbocycles. The molecule has 4 rings (SSSR count). The largest absolute Gasteiger partial charge is 0.350 e. The molecule has 7 heteroatoms. The molecule has 1 aliphatic rings. The third kappa shape index (κ3) is 5.51. The molecule has 1 amide bonds. The van der Waals surface area contributed by atoms with Crippen molar-refractivity contribution in [2.24, 2.45) is 5.92 Å². The highest BCUT2D eigenvalue weighted by Crippen LogP contribution is 2.19. The highest BCUT2D eigenvalue weighted by molar-refractivity contribution is 6.30. The minimum absolute atomic E-state index is 0.148. The summed E-state index contributed by atoms with van der Waals surface area (Å²) in [7, 11) is 0. The van der Waals surface area contributed by atoms with Gasteiger partial charge in [0.2, 0.25) is 0 Å². The van der Waals surface area contributed by atoms with Gasteiger partial charge in [-0.15, -0.1) is 0 Å². The molecule has 5 nitrogen and oxygen atoms in total. The highest BCUT2D eigenvalue weighted by atomic mass is 35.5. The Morgan fingerprint density at radius 3 is 2.81 bits per heavy atom. The zero-order chi connectivity index (χ0) is 21.8. The Morgan fingerprint density at radius 1 is 1.23 bits per heavy atom. The van der Waals surface area contributed by atoms with E-state index in [1.165, 1.54) is 12.1 Å². The standard InChI is InChI=1S/C24H26ClFN4O/c1-17-11-23(28-30(17)22-5-3-2-4-6-22)24(31)27-15-19-8-10-29(16-19)9-7-18-12-20(25)14-21(26)13-18/h2-6,11-14,19H,7-10,15-16H2,1H3,(H,27,31)/t19-/m1/s1. The van der Waals surface area contributed by atoms with Crippen LogP contribution in [-0.4, -0.2) is 46.8 Å². The van der Waals surface area contributed by atoms with Gasteiger partial charge in [0, 0.05) is 30.4 Å². The van der Waals surface area contributed by atoms with Crippen LogP contribution in [0.15, 0.2) is 54.6 Å². The number of nitrogens with one attached hydrogen (secondary N) is 1. The molecule has 3 aromatic rings. The lowest BCUT2D eigenvalue weighted by Gasteiger charge is -2.16. The first-order valence-corrected chi connectivity index (χ1v) is 10.9. The summed E-state index contributed by atoms with van der Waals surface area (Å²) in [5.74, 6) is -0.0440. The summed E-state index contributed by atoms with van der Waals surface area (Å²) in [6, 6.07) is 16.3. The van der Waals surface area contributed by atoms with E-state index in [1.54, 1.807) is 4.68 Å². The number of para-hydroxylation sites is 1. The van der Waals surface area contributed by atoms with Crippen molar-refractivity contribution in [3.8, 4) is 5.69 Å². The Kier molecular flexibility index (Phi) is 6.68. The van der Waals surface area contributed by atoms with Gasteiger partial charge in [-0.05, 0) is 74.2 Å². The van der Waals surface area contributed by atoms with Crippen LogP contribution in [0.1, 0.15) is 28.2 Å². The lowest BCUT2D eigenvalue weighted by Crippen LogP contribution is -2.31. The molecule has 0 aliphatic carbocycles. The highest BCUT2D eigenvalue weighted by Gasteiger charge is 2.23. The van der Waals surface area contributed by atoms with E-state index < -0.39 is 0 Å². The summed E-state index contributed by atoms with van der Waals surface area (Å²) in [4.78, 5) is 15.0. The molecule has 1 aromatic heterocycles. The van der Waals surface area contributed by atoms with E-state index in [4.69, 9.17) is 11.6 Å². The van der Waals surface area contributed by atoms with Crippen LogP contribution in [0.4, 0.5) is 4.39 Å². The van der Waals surface area contributed by atoms with Crippen molar-refractivity contribution in [2.75, 3.05) is 26.2 Å². The number of nitrogens with zero attached hydrogens (tertiary/aromatic N) is 3. The number of carbonyl (C=O) groups is 1. The Morgan fingerprint density at radius 2 is 2.03 bits per heavy atom. The number of carbonyl (C=O) groups excluding carboxylic acids is 1. The average molecular weight is 441 g/mol. The Balaban J connectivity index is 1.26. The summed E-state index contributed by atoms with van der Waals surface area (Å²) in [5, 5.41) is 7.94. The maximum atomic E-state index is 13.5. The number of aromatic nitrogens is 2. The number of amides is 1. The number of aryl methyl sites for hydroxylation is 1. The molecule has 31 heavy (non-hydrogen) atoms. The number of halogens is 2. The van der Waals surface area contributed by atoms with E-state index in [1.807, 2.05) is 49.4 Å². The van der Waals surface area contributed by atoms with Gasteiger partial charge in [0.1, 0.15) is 5.82 Å². The smallest absolute Gasteiger partial charge is 0.271 e. The molecule has 2 aromatic carbocycles. The molecule has 1 aliphatic heterocycles. The number of likely N-dealkylation sites (tertiary alicyclic amines) is 1. The minimum atomic E-state index is -0.297. The maximum Gasteiger partial charge on any atom is 0.271 e. The lowest BCUT2D eigenvalue weighted by atomic mass is 10.1. The summed E-state index contributed by atoms with van der Waals surface area (Å²) in [5.41, 5.74) is 3.19. The van der Waals surface area contributed by atoms with Crippen molar-refractivity contribution >= 4 is 17.5 Å². The average Bonchev–Trinajstić information content (AvgIpc) is 3.37. The Labute approximate surface area is 186 Å². The zero-order valence-corrected chi connectivity index (χ0v) is 18.3. The Hall–Kier alpha value is -2.70. The van der Waals surface area contributed by atoms with E-state index in [-0.39, 0.29) is 11.7 Å². The first-order valence-electron chi connectivity index (χ1n) is 10.6. The molecule has 162 valence electrons. The SMILES string of the molecule is Cc1cc(C(=O)NC[C@H]2CCN(CCc3cc(F)cc(Cl)c3)C2)nn1-c1ccccc1. The van der Waals surface area contributed by atoms with E-state index in [2.05, 4.69) is 15.3 Å². The van der Waals surface area contributed by atoms with Gasteiger partial charge in [-0.3, -0.25) is 4.79 Å². The van der Waals surface area contributed by atoms with E-state index >= 15 is 0 Å². The normalized spacial score (nSPS) is 16.5. The number of rotatable bonds is 7. The van der Waals surface area contributed by atoms with Gasteiger partial charge in [-0.1, -0.05) is 29.8 Å². The fraction of sp³-hybridized carbons (Fsp3) is 0.333. The molecule has 0 unspecified atom stereocenters. The van der Waals surface area contributed by atoms with Gasteiger partial charge in [0.05, 0.1) is 5.69 Å². The molecule has 1 N–H and O–H groups in total.